The molecule has 1 aliphatic carbocycles. The lowest BCUT2D eigenvalue weighted by Gasteiger charge is -2.19. The van der Waals surface area contributed by atoms with E-state index in [9.17, 15) is 14.7 Å². The molecule has 1 unspecified atom stereocenters. The summed E-state index contributed by atoms with van der Waals surface area (Å²) in [6.07, 6.45) is 7.83. The van der Waals surface area contributed by atoms with Crippen molar-refractivity contribution < 1.29 is 14.7 Å². The van der Waals surface area contributed by atoms with Gasteiger partial charge in [0.25, 0.3) is 0 Å². The second kappa shape index (κ2) is 7.52. The zero-order valence-electron chi connectivity index (χ0n) is 15.1. The smallest absolute Gasteiger partial charge is 0.224 e. The Morgan fingerprint density at radius 3 is 3.04 bits per heavy atom. The number of carbonyl (C=O) groups is 2. The molecule has 4 rings (SSSR count). The molecule has 142 valence electrons. The average Bonchev–Trinajstić information content (AvgIpc) is 3.25. The highest BCUT2D eigenvalue weighted by Gasteiger charge is 2.34. The van der Waals surface area contributed by atoms with Crippen molar-refractivity contribution in [2.75, 3.05) is 5.32 Å². The monoisotopic (exact) mass is 368 g/mol. The summed E-state index contributed by atoms with van der Waals surface area (Å²) in [6, 6.07) is 5.52. The number of hydrogen-bond acceptors (Lipinski definition) is 4. The maximum absolute atomic E-state index is 12.5. The molecule has 2 aliphatic rings. The topological polar surface area (TPSA) is 96.2 Å². The minimum atomic E-state index is -0.513. The standard InChI is InChI=1S/C20H24N4O3/c25-18-9-14(11-24-6-5-21-12-24)8-17(18)23-20(27)10-13-1-3-16-15(7-13)2-4-19(26)22-16/h1,3,5-7,12,14,17-18,25H,2,4,8-11H2,(H,22,26)(H,23,27)/t14?,17-,18-/m1/s1. The molecule has 1 aromatic carbocycles. The van der Waals surface area contributed by atoms with Gasteiger partial charge >= 0.3 is 0 Å². The highest BCUT2D eigenvalue weighted by molar-refractivity contribution is 5.94. The van der Waals surface area contributed by atoms with E-state index in [1.165, 1.54) is 0 Å². The van der Waals surface area contributed by atoms with Crippen LogP contribution in [-0.4, -0.2) is 38.6 Å². The number of nitrogens with one attached hydrogen (secondary N) is 2. The van der Waals surface area contributed by atoms with Crippen molar-refractivity contribution in [1.82, 2.24) is 14.9 Å². The second-order valence-corrected chi connectivity index (χ2v) is 7.55. The van der Waals surface area contributed by atoms with Crippen LogP contribution in [0.3, 0.4) is 0 Å². The molecule has 0 saturated heterocycles. The number of anilines is 1. The van der Waals surface area contributed by atoms with Crippen LogP contribution in [0.2, 0.25) is 0 Å². The van der Waals surface area contributed by atoms with Crippen LogP contribution in [0.25, 0.3) is 0 Å². The molecule has 2 heterocycles. The maximum Gasteiger partial charge on any atom is 0.224 e. The molecule has 1 aromatic heterocycles. The van der Waals surface area contributed by atoms with Gasteiger partial charge in [0.15, 0.2) is 0 Å². The van der Waals surface area contributed by atoms with Crippen molar-refractivity contribution in [2.24, 2.45) is 5.92 Å². The third kappa shape index (κ3) is 4.19. The molecule has 27 heavy (non-hydrogen) atoms. The number of aryl methyl sites for hydroxylation is 1. The number of hydrogen-bond donors (Lipinski definition) is 3. The number of benzene rings is 1. The number of aromatic nitrogens is 2. The first-order chi connectivity index (χ1) is 13.1. The van der Waals surface area contributed by atoms with E-state index < -0.39 is 6.10 Å². The molecular weight excluding hydrogens is 344 g/mol. The van der Waals surface area contributed by atoms with Gasteiger partial charge in [-0.1, -0.05) is 12.1 Å². The third-order valence-electron chi connectivity index (χ3n) is 5.43. The summed E-state index contributed by atoms with van der Waals surface area (Å²) < 4.78 is 2.01. The van der Waals surface area contributed by atoms with E-state index in [1.807, 2.05) is 29.0 Å². The molecule has 0 bridgehead atoms. The Morgan fingerprint density at radius 1 is 1.33 bits per heavy atom. The maximum atomic E-state index is 12.5. The molecular formula is C20H24N4O3. The van der Waals surface area contributed by atoms with Crippen LogP contribution in [0.15, 0.2) is 36.9 Å². The zero-order chi connectivity index (χ0) is 18.8. The van der Waals surface area contributed by atoms with E-state index in [0.717, 1.165) is 29.8 Å². The number of carbonyl (C=O) groups excluding carboxylic acids is 2. The Labute approximate surface area is 157 Å². The summed E-state index contributed by atoms with van der Waals surface area (Å²) in [4.78, 5) is 27.9. The van der Waals surface area contributed by atoms with Crippen LogP contribution in [0.1, 0.15) is 30.4 Å². The number of aliphatic hydroxyl groups excluding tert-OH is 1. The number of nitrogens with zero attached hydrogens (tertiary/aromatic N) is 2. The quantitative estimate of drug-likeness (QED) is 0.740. The molecule has 3 atom stereocenters. The normalized spacial score (nSPS) is 24.3. The summed E-state index contributed by atoms with van der Waals surface area (Å²) >= 11 is 0. The summed E-state index contributed by atoms with van der Waals surface area (Å²) in [5.41, 5.74) is 2.83. The molecule has 3 N–H and O–H groups in total. The first kappa shape index (κ1) is 17.7. The van der Waals surface area contributed by atoms with Crippen molar-refractivity contribution in [3.63, 3.8) is 0 Å². The molecule has 0 radical (unpaired) electrons. The molecule has 7 nitrogen and oxygen atoms in total. The van der Waals surface area contributed by atoms with Crippen LogP contribution in [0.5, 0.6) is 0 Å². The SMILES string of the molecule is O=C1CCc2cc(CC(=O)N[C@@H]3CC(Cn4ccnc4)C[C@H]3O)ccc2N1. The summed E-state index contributed by atoms with van der Waals surface area (Å²) in [5, 5.41) is 16.1. The molecule has 7 heteroatoms. The highest BCUT2D eigenvalue weighted by atomic mass is 16.3. The summed E-state index contributed by atoms with van der Waals surface area (Å²) in [5.74, 6) is 0.280. The lowest BCUT2D eigenvalue weighted by atomic mass is 9.99. The number of fused-ring (bicyclic) bond motifs is 1. The Balaban J connectivity index is 1.32. The molecule has 1 saturated carbocycles. The lowest BCUT2D eigenvalue weighted by Crippen LogP contribution is -2.40. The van der Waals surface area contributed by atoms with Crippen molar-refractivity contribution in [2.45, 2.75) is 50.8 Å². The van der Waals surface area contributed by atoms with Crippen molar-refractivity contribution in [3.8, 4) is 0 Å². The zero-order valence-corrected chi connectivity index (χ0v) is 15.1. The Kier molecular flexibility index (Phi) is 4.94. The van der Waals surface area contributed by atoms with Crippen molar-refractivity contribution >= 4 is 17.5 Å². The fourth-order valence-corrected chi connectivity index (χ4v) is 4.11. The van der Waals surface area contributed by atoms with Gasteiger partial charge in [0.05, 0.1) is 24.9 Å². The number of imidazole rings is 1. The highest BCUT2D eigenvalue weighted by Crippen LogP contribution is 2.28. The van der Waals surface area contributed by atoms with Crippen LogP contribution in [-0.2, 0) is 29.0 Å². The lowest BCUT2D eigenvalue weighted by molar-refractivity contribution is -0.121. The summed E-state index contributed by atoms with van der Waals surface area (Å²) in [6.45, 7) is 0.806. The van der Waals surface area contributed by atoms with E-state index in [2.05, 4.69) is 15.6 Å². The van der Waals surface area contributed by atoms with Gasteiger partial charge in [-0.05, 0) is 42.4 Å². The number of aliphatic hydroxyl groups is 1. The first-order valence-electron chi connectivity index (χ1n) is 9.41. The third-order valence-corrected chi connectivity index (χ3v) is 5.43. The van der Waals surface area contributed by atoms with Gasteiger partial charge in [-0.25, -0.2) is 4.98 Å². The number of rotatable bonds is 5. The van der Waals surface area contributed by atoms with E-state index in [1.54, 1.807) is 12.5 Å². The Hall–Kier alpha value is -2.67. The Morgan fingerprint density at radius 2 is 2.22 bits per heavy atom. The van der Waals surface area contributed by atoms with E-state index >= 15 is 0 Å². The van der Waals surface area contributed by atoms with Gasteiger partial charge in [-0.2, -0.15) is 0 Å². The van der Waals surface area contributed by atoms with Crippen LogP contribution in [0, 0.1) is 5.92 Å². The molecule has 2 amide bonds. The minimum absolute atomic E-state index is 0.0356. The second-order valence-electron chi connectivity index (χ2n) is 7.55. The molecule has 1 aliphatic heterocycles. The van der Waals surface area contributed by atoms with E-state index in [0.29, 0.717) is 25.2 Å². The fourth-order valence-electron chi connectivity index (χ4n) is 4.11. The van der Waals surface area contributed by atoms with Gasteiger partial charge in [-0.3, -0.25) is 9.59 Å². The molecule has 0 spiro atoms. The van der Waals surface area contributed by atoms with Crippen molar-refractivity contribution in [1.29, 1.82) is 0 Å². The largest absolute Gasteiger partial charge is 0.391 e. The average molecular weight is 368 g/mol. The predicted octanol–water partition coefficient (Wildman–Crippen LogP) is 1.27. The first-order valence-corrected chi connectivity index (χ1v) is 9.41. The van der Waals surface area contributed by atoms with E-state index in [4.69, 9.17) is 0 Å². The summed E-state index contributed by atoms with van der Waals surface area (Å²) in [7, 11) is 0. The molecule has 2 aromatic rings. The minimum Gasteiger partial charge on any atom is -0.391 e. The Bertz CT molecular complexity index is 834. The number of amides is 2. The fraction of sp³-hybridized carbons (Fsp3) is 0.450. The predicted molar refractivity (Wildman–Crippen MR) is 100.0 cm³/mol. The van der Waals surface area contributed by atoms with Crippen LogP contribution < -0.4 is 10.6 Å². The molecule has 1 fully saturated rings. The van der Waals surface area contributed by atoms with Crippen LogP contribution in [0.4, 0.5) is 5.69 Å². The van der Waals surface area contributed by atoms with Crippen molar-refractivity contribution in [3.05, 3.63) is 48.0 Å². The van der Waals surface area contributed by atoms with Gasteiger partial charge in [-0.15, -0.1) is 0 Å². The van der Waals surface area contributed by atoms with Gasteiger partial charge in [0.2, 0.25) is 11.8 Å². The van der Waals surface area contributed by atoms with Gasteiger partial charge in [0.1, 0.15) is 0 Å². The van der Waals surface area contributed by atoms with Crippen LogP contribution >= 0.6 is 0 Å². The van der Waals surface area contributed by atoms with Gasteiger partial charge in [0, 0.05) is 31.0 Å². The van der Waals surface area contributed by atoms with E-state index in [-0.39, 0.29) is 24.3 Å². The van der Waals surface area contributed by atoms with Gasteiger partial charge < -0.3 is 20.3 Å².